The van der Waals surface area contributed by atoms with Gasteiger partial charge in [-0.1, -0.05) is 6.92 Å². The Balaban J connectivity index is 3.49. The van der Waals surface area contributed by atoms with Gasteiger partial charge in [-0.25, -0.2) is 0 Å². The standard InChI is InChI=1S/C5H10N2O/c1-2-3-4(8)5(6)7/h2-3H2,1H3,(H3,6,7). The third kappa shape index (κ3) is 2.34. The summed E-state index contributed by atoms with van der Waals surface area (Å²) in [5.74, 6) is -0.584. The molecule has 0 aliphatic carbocycles. The Bertz CT molecular complexity index is 109. The normalized spacial score (nSPS) is 8.62. The van der Waals surface area contributed by atoms with Gasteiger partial charge in [0.2, 0.25) is 0 Å². The van der Waals surface area contributed by atoms with E-state index in [0.717, 1.165) is 6.42 Å². The Hall–Kier alpha value is -0.860. The van der Waals surface area contributed by atoms with Crippen LogP contribution in [0.4, 0.5) is 0 Å². The molecular formula is C5H10N2O. The van der Waals surface area contributed by atoms with Crippen molar-refractivity contribution >= 4 is 11.6 Å². The summed E-state index contributed by atoms with van der Waals surface area (Å²) >= 11 is 0. The van der Waals surface area contributed by atoms with Gasteiger partial charge in [0.15, 0.2) is 11.6 Å². The maximum atomic E-state index is 10.4. The number of Topliss-reactive ketones (excluding diaryl/α,β-unsaturated/α-hetero) is 1. The second-order valence-electron chi connectivity index (χ2n) is 1.59. The molecule has 0 aromatic rings. The number of carbonyl (C=O) groups excluding carboxylic acids is 1. The lowest BCUT2D eigenvalue weighted by Gasteiger charge is -1.90. The molecule has 46 valence electrons. The van der Waals surface area contributed by atoms with E-state index in [1.54, 1.807) is 0 Å². The zero-order valence-corrected chi connectivity index (χ0v) is 4.90. The number of carbonyl (C=O) groups is 1. The van der Waals surface area contributed by atoms with Crippen LogP contribution in [-0.4, -0.2) is 11.6 Å². The molecule has 0 heterocycles. The summed E-state index contributed by atoms with van der Waals surface area (Å²) < 4.78 is 0. The lowest BCUT2D eigenvalue weighted by molar-refractivity contribution is -0.113. The van der Waals surface area contributed by atoms with Crippen molar-refractivity contribution in [2.45, 2.75) is 19.8 Å². The van der Waals surface area contributed by atoms with Gasteiger partial charge in [0.05, 0.1) is 0 Å². The van der Waals surface area contributed by atoms with Crippen LogP contribution in [0.3, 0.4) is 0 Å². The summed E-state index contributed by atoms with van der Waals surface area (Å²) in [5.41, 5.74) is 4.86. The smallest absolute Gasteiger partial charge is 0.196 e. The van der Waals surface area contributed by atoms with Crippen molar-refractivity contribution in [3.05, 3.63) is 0 Å². The summed E-state index contributed by atoms with van der Waals surface area (Å²) in [6.45, 7) is 1.88. The van der Waals surface area contributed by atoms with Gasteiger partial charge < -0.3 is 5.73 Å². The zero-order chi connectivity index (χ0) is 6.57. The number of nitrogens with two attached hydrogens (primary N) is 1. The molecule has 0 aromatic heterocycles. The summed E-state index contributed by atoms with van der Waals surface area (Å²) in [6, 6.07) is 0. The molecular weight excluding hydrogens is 104 g/mol. The quantitative estimate of drug-likeness (QED) is 0.409. The molecule has 0 amide bonds. The highest BCUT2D eigenvalue weighted by atomic mass is 16.1. The Kier molecular flexibility index (Phi) is 2.84. The van der Waals surface area contributed by atoms with E-state index in [9.17, 15) is 4.79 Å². The minimum atomic E-state index is -0.327. The first-order valence-electron chi connectivity index (χ1n) is 2.55. The van der Waals surface area contributed by atoms with Crippen molar-refractivity contribution in [3.63, 3.8) is 0 Å². The van der Waals surface area contributed by atoms with Crippen molar-refractivity contribution in [2.24, 2.45) is 5.73 Å². The molecule has 8 heavy (non-hydrogen) atoms. The number of amidine groups is 1. The van der Waals surface area contributed by atoms with Crippen LogP contribution in [0.1, 0.15) is 19.8 Å². The fourth-order valence-electron chi connectivity index (χ4n) is 0.362. The molecule has 0 saturated carbocycles. The highest BCUT2D eigenvalue weighted by Gasteiger charge is 2.00. The average Bonchev–Trinajstić information content (AvgIpc) is 1.67. The van der Waals surface area contributed by atoms with Gasteiger partial charge in [0.25, 0.3) is 0 Å². The minimum absolute atomic E-state index is 0.257. The number of rotatable bonds is 3. The van der Waals surface area contributed by atoms with Crippen LogP contribution in [0.15, 0.2) is 0 Å². The molecule has 0 atom stereocenters. The van der Waals surface area contributed by atoms with Gasteiger partial charge >= 0.3 is 0 Å². The Labute approximate surface area is 48.4 Å². The summed E-state index contributed by atoms with van der Waals surface area (Å²) in [5, 5.41) is 6.63. The third-order valence-electron chi connectivity index (χ3n) is 0.777. The Morgan fingerprint density at radius 1 is 1.75 bits per heavy atom. The van der Waals surface area contributed by atoms with E-state index in [0.29, 0.717) is 6.42 Å². The van der Waals surface area contributed by atoms with Crippen LogP contribution in [0.25, 0.3) is 0 Å². The molecule has 0 aromatic carbocycles. The molecule has 0 unspecified atom stereocenters. The fourth-order valence-corrected chi connectivity index (χ4v) is 0.362. The highest BCUT2D eigenvalue weighted by molar-refractivity contribution is 6.36. The highest BCUT2D eigenvalue weighted by Crippen LogP contribution is 1.86. The Morgan fingerprint density at radius 2 is 2.25 bits per heavy atom. The van der Waals surface area contributed by atoms with E-state index >= 15 is 0 Å². The summed E-state index contributed by atoms with van der Waals surface area (Å²) in [7, 11) is 0. The molecule has 0 spiro atoms. The van der Waals surface area contributed by atoms with Crippen LogP contribution in [0, 0.1) is 5.41 Å². The van der Waals surface area contributed by atoms with Crippen molar-refractivity contribution < 1.29 is 4.79 Å². The molecule has 3 heteroatoms. The second kappa shape index (κ2) is 3.18. The Morgan fingerprint density at radius 3 is 2.38 bits per heavy atom. The van der Waals surface area contributed by atoms with Crippen LogP contribution >= 0.6 is 0 Å². The summed E-state index contributed by atoms with van der Waals surface area (Å²) in [6.07, 6.45) is 1.16. The molecule has 3 nitrogen and oxygen atoms in total. The zero-order valence-electron chi connectivity index (χ0n) is 4.90. The van der Waals surface area contributed by atoms with Gasteiger partial charge in [-0.3, -0.25) is 10.2 Å². The third-order valence-corrected chi connectivity index (χ3v) is 0.777. The predicted molar refractivity (Wildman–Crippen MR) is 31.8 cm³/mol. The van der Waals surface area contributed by atoms with Gasteiger partial charge in [-0.15, -0.1) is 0 Å². The number of hydrogen-bond donors (Lipinski definition) is 2. The lowest BCUT2D eigenvalue weighted by Crippen LogP contribution is -2.21. The predicted octanol–water partition coefficient (Wildman–Crippen LogP) is 0.292. The molecule has 0 saturated heterocycles. The fraction of sp³-hybridized carbons (Fsp3) is 0.600. The SMILES string of the molecule is CCCC(=O)C(=N)N. The van der Waals surface area contributed by atoms with E-state index < -0.39 is 0 Å². The number of nitrogens with one attached hydrogen (secondary N) is 1. The first-order chi connectivity index (χ1) is 3.68. The van der Waals surface area contributed by atoms with Gasteiger partial charge in [-0.05, 0) is 6.42 Å². The largest absolute Gasteiger partial charge is 0.381 e. The van der Waals surface area contributed by atoms with Crippen molar-refractivity contribution in [1.82, 2.24) is 0 Å². The topological polar surface area (TPSA) is 66.9 Å². The van der Waals surface area contributed by atoms with E-state index in [4.69, 9.17) is 11.1 Å². The molecule has 0 aliphatic heterocycles. The first kappa shape index (κ1) is 7.14. The molecule has 0 bridgehead atoms. The van der Waals surface area contributed by atoms with E-state index in [1.807, 2.05) is 6.92 Å². The van der Waals surface area contributed by atoms with Crippen molar-refractivity contribution in [2.75, 3.05) is 0 Å². The molecule has 0 fully saturated rings. The van der Waals surface area contributed by atoms with Crippen LogP contribution in [0.2, 0.25) is 0 Å². The maximum absolute atomic E-state index is 10.4. The van der Waals surface area contributed by atoms with E-state index in [-0.39, 0.29) is 11.6 Å². The molecule has 0 aliphatic rings. The molecule has 0 radical (unpaired) electrons. The number of hydrogen-bond acceptors (Lipinski definition) is 2. The second-order valence-corrected chi connectivity index (χ2v) is 1.59. The minimum Gasteiger partial charge on any atom is -0.381 e. The van der Waals surface area contributed by atoms with Gasteiger partial charge in [-0.2, -0.15) is 0 Å². The van der Waals surface area contributed by atoms with Gasteiger partial charge in [0.1, 0.15) is 0 Å². The van der Waals surface area contributed by atoms with Gasteiger partial charge in [0, 0.05) is 6.42 Å². The average molecular weight is 114 g/mol. The molecule has 0 rings (SSSR count). The first-order valence-corrected chi connectivity index (χ1v) is 2.55. The van der Waals surface area contributed by atoms with Crippen molar-refractivity contribution in [1.29, 1.82) is 5.41 Å². The van der Waals surface area contributed by atoms with Crippen molar-refractivity contribution in [3.8, 4) is 0 Å². The lowest BCUT2D eigenvalue weighted by atomic mass is 10.2. The van der Waals surface area contributed by atoms with E-state index in [1.165, 1.54) is 0 Å². The van der Waals surface area contributed by atoms with E-state index in [2.05, 4.69) is 0 Å². The van der Waals surface area contributed by atoms with Crippen LogP contribution < -0.4 is 5.73 Å². The summed E-state index contributed by atoms with van der Waals surface area (Å²) in [4.78, 5) is 10.4. The number of ketones is 1. The maximum Gasteiger partial charge on any atom is 0.196 e. The van der Waals surface area contributed by atoms with Crippen LogP contribution in [-0.2, 0) is 4.79 Å². The molecule has 3 N–H and O–H groups in total. The monoisotopic (exact) mass is 114 g/mol. The van der Waals surface area contributed by atoms with Crippen LogP contribution in [0.5, 0.6) is 0 Å².